The Bertz CT molecular complexity index is 231. The summed E-state index contributed by atoms with van der Waals surface area (Å²) in [4.78, 5) is 10.9. The van der Waals surface area contributed by atoms with E-state index in [4.69, 9.17) is 0 Å². The van der Waals surface area contributed by atoms with Crippen LogP contribution in [-0.2, 0) is 9.53 Å². The molecule has 1 fully saturated rings. The Labute approximate surface area is 80.2 Å². The summed E-state index contributed by atoms with van der Waals surface area (Å²) < 4.78 is 76.7. The predicted octanol–water partition coefficient (Wildman–Crippen LogP) is 1.94. The van der Waals surface area contributed by atoms with Crippen molar-refractivity contribution in [2.24, 2.45) is 11.8 Å². The van der Waals surface area contributed by atoms with Gasteiger partial charge in [-0.05, 0) is 0 Å². The highest BCUT2D eigenvalue weighted by atomic mass is 19.4. The van der Waals surface area contributed by atoms with Crippen molar-refractivity contribution in [3.63, 3.8) is 0 Å². The van der Waals surface area contributed by atoms with E-state index in [9.17, 15) is 31.1 Å². The Morgan fingerprint density at radius 1 is 0.933 bits per heavy atom. The summed E-state index contributed by atoms with van der Waals surface area (Å²) in [7, 11) is 0. The fraction of sp³-hybridized carbons (Fsp3) is 0.857. The summed E-state index contributed by atoms with van der Waals surface area (Å²) in [5, 5.41) is 0. The zero-order valence-corrected chi connectivity index (χ0v) is 7.15. The van der Waals surface area contributed by atoms with Gasteiger partial charge in [-0.1, -0.05) is 0 Å². The van der Waals surface area contributed by atoms with Crippen LogP contribution in [0.2, 0.25) is 0 Å². The van der Waals surface area contributed by atoms with Gasteiger partial charge in [-0.3, -0.25) is 4.79 Å². The molecule has 0 aliphatic carbocycles. The molecule has 1 rings (SSSR count). The normalized spacial score (nSPS) is 29.3. The van der Waals surface area contributed by atoms with Gasteiger partial charge in [0.15, 0.2) is 5.78 Å². The van der Waals surface area contributed by atoms with E-state index in [-0.39, 0.29) is 0 Å². The van der Waals surface area contributed by atoms with Gasteiger partial charge in [0.1, 0.15) is 11.8 Å². The Balaban J connectivity index is 2.86. The van der Waals surface area contributed by atoms with Gasteiger partial charge in [-0.25, -0.2) is 0 Å². The lowest BCUT2D eigenvalue weighted by Crippen LogP contribution is -2.49. The first kappa shape index (κ1) is 12.3. The Morgan fingerprint density at radius 2 is 1.27 bits per heavy atom. The molecule has 2 atom stereocenters. The number of halogens is 6. The average Bonchev–Trinajstić information content (AvgIpc) is 1.99. The predicted molar refractivity (Wildman–Crippen MR) is 34.9 cm³/mol. The van der Waals surface area contributed by atoms with Crippen molar-refractivity contribution in [2.45, 2.75) is 12.4 Å². The number of carbonyl (C=O) groups excluding carboxylic acids is 1. The minimum Gasteiger partial charge on any atom is -0.379 e. The molecule has 1 saturated heterocycles. The molecular formula is C7H6F6O2. The first-order valence-corrected chi connectivity index (χ1v) is 3.89. The van der Waals surface area contributed by atoms with Crippen LogP contribution in [0.15, 0.2) is 0 Å². The van der Waals surface area contributed by atoms with Crippen molar-refractivity contribution in [2.75, 3.05) is 13.2 Å². The summed E-state index contributed by atoms with van der Waals surface area (Å²) in [6, 6.07) is 0. The number of alkyl halides is 6. The van der Waals surface area contributed by atoms with Gasteiger partial charge in [-0.15, -0.1) is 0 Å². The number of hydrogen-bond acceptors (Lipinski definition) is 2. The largest absolute Gasteiger partial charge is 0.400 e. The second-order valence-electron chi connectivity index (χ2n) is 3.13. The highest BCUT2D eigenvalue weighted by molar-refractivity contribution is 5.85. The number of Topliss-reactive ketones (excluding diaryl/α,β-unsaturated/α-hetero) is 1. The third-order valence-electron chi connectivity index (χ3n) is 2.05. The van der Waals surface area contributed by atoms with E-state index in [2.05, 4.69) is 4.74 Å². The van der Waals surface area contributed by atoms with Gasteiger partial charge < -0.3 is 4.74 Å². The number of carbonyl (C=O) groups is 1. The molecule has 1 aliphatic rings. The maximum atomic E-state index is 12.1. The zero-order chi connectivity index (χ0) is 11.9. The highest BCUT2D eigenvalue weighted by Gasteiger charge is 2.56. The molecule has 0 amide bonds. The van der Waals surface area contributed by atoms with E-state index in [0.29, 0.717) is 0 Å². The quantitative estimate of drug-likeness (QED) is 0.601. The van der Waals surface area contributed by atoms with Gasteiger partial charge in [-0.2, -0.15) is 26.3 Å². The van der Waals surface area contributed by atoms with Crippen molar-refractivity contribution in [3.05, 3.63) is 0 Å². The summed E-state index contributed by atoms with van der Waals surface area (Å²) >= 11 is 0. The lowest BCUT2D eigenvalue weighted by Gasteiger charge is -2.30. The second-order valence-corrected chi connectivity index (χ2v) is 3.13. The fourth-order valence-corrected chi connectivity index (χ4v) is 1.22. The van der Waals surface area contributed by atoms with E-state index < -0.39 is 43.2 Å². The van der Waals surface area contributed by atoms with Crippen molar-refractivity contribution < 1.29 is 35.9 Å². The van der Waals surface area contributed by atoms with E-state index in [1.807, 2.05) is 0 Å². The lowest BCUT2D eigenvalue weighted by molar-refractivity contribution is -0.234. The summed E-state index contributed by atoms with van der Waals surface area (Å²) in [5.41, 5.74) is 0. The summed E-state index contributed by atoms with van der Waals surface area (Å²) in [6.45, 7) is -2.07. The van der Waals surface area contributed by atoms with Crippen LogP contribution in [0, 0.1) is 11.8 Å². The Morgan fingerprint density at radius 3 is 1.53 bits per heavy atom. The SMILES string of the molecule is O=C1C(C(F)(F)F)COCC1C(F)(F)F. The molecule has 2 unspecified atom stereocenters. The van der Waals surface area contributed by atoms with Crippen molar-refractivity contribution in [3.8, 4) is 0 Å². The fourth-order valence-electron chi connectivity index (χ4n) is 1.22. The maximum Gasteiger partial charge on any atom is 0.400 e. The van der Waals surface area contributed by atoms with Gasteiger partial charge in [0, 0.05) is 0 Å². The lowest BCUT2D eigenvalue weighted by atomic mass is 9.90. The van der Waals surface area contributed by atoms with Crippen LogP contribution in [-0.4, -0.2) is 31.3 Å². The minimum absolute atomic E-state index is 1.03. The molecule has 0 aromatic heterocycles. The first-order chi connectivity index (χ1) is 6.64. The first-order valence-electron chi connectivity index (χ1n) is 3.89. The summed E-state index contributed by atoms with van der Waals surface area (Å²) in [5.74, 6) is -7.20. The molecule has 1 heterocycles. The molecule has 0 aromatic rings. The van der Waals surface area contributed by atoms with Crippen molar-refractivity contribution in [1.29, 1.82) is 0 Å². The molecule has 0 radical (unpaired) electrons. The molecule has 15 heavy (non-hydrogen) atoms. The maximum absolute atomic E-state index is 12.1. The van der Waals surface area contributed by atoms with E-state index in [1.54, 1.807) is 0 Å². The number of hydrogen-bond donors (Lipinski definition) is 0. The third-order valence-corrected chi connectivity index (χ3v) is 2.05. The minimum atomic E-state index is -4.99. The Kier molecular flexibility index (Phi) is 2.99. The van der Waals surface area contributed by atoms with Crippen LogP contribution >= 0.6 is 0 Å². The third kappa shape index (κ3) is 2.61. The molecule has 0 N–H and O–H groups in total. The molecule has 0 saturated carbocycles. The van der Waals surface area contributed by atoms with Gasteiger partial charge in [0.2, 0.25) is 0 Å². The second kappa shape index (κ2) is 3.66. The molecule has 0 bridgehead atoms. The van der Waals surface area contributed by atoms with Crippen LogP contribution in [0.4, 0.5) is 26.3 Å². The van der Waals surface area contributed by atoms with Crippen molar-refractivity contribution in [1.82, 2.24) is 0 Å². The highest BCUT2D eigenvalue weighted by Crippen LogP contribution is 2.37. The smallest absolute Gasteiger partial charge is 0.379 e. The molecule has 1 aliphatic heterocycles. The molecule has 0 aromatic carbocycles. The van der Waals surface area contributed by atoms with Crippen LogP contribution in [0.5, 0.6) is 0 Å². The molecular weight excluding hydrogens is 230 g/mol. The van der Waals surface area contributed by atoms with Gasteiger partial charge in [0.25, 0.3) is 0 Å². The molecule has 88 valence electrons. The molecule has 0 spiro atoms. The number of rotatable bonds is 0. The van der Waals surface area contributed by atoms with Crippen LogP contribution in [0.25, 0.3) is 0 Å². The molecule has 8 heteroatoms. The van der Waals surface area contributed by atoms with E-state index in [0.717, 1.165) is 0 Å². The van der Waals surface area contributed by atoms with Gasteiger partial charge in [0.05, 0.1) is 13.2 Å². The van der Waals surface area contributed by atoms with Crippen LogP contribution < -0.4 is 0 Å². The number of ketones is 1. The topological polar surface area (TPSA) is 26.3 Å². The molecule has 2 nitrogen and oxygen atoms in total. The monoisotopic (exact) mass is 236 g/mol. The van der Waals surface area contributed by atoms with Crippen molar-refractivity contribution >= 4 is 5.78 Å². The van der Waals surface area contributed by atoms with E-state index in [1.165, 1.54) is 0 Å². The standard InChI is InChI=1S/C7H6F6O2/c8-6(9,10)3-1-15-2-4(5(3)14)7(11,12)13/h3-4H,1-2H2. The number of ether oxygens (including phenoxy) is 1. The Hall–Kier alpha value is -0.790. The van der Waals surface area contributed by atoms with Crippen LogP contribution in [0.3, 0.4) is 0 Å². The van der Waals surface area contributed by atoms with Gasteiger partial charge >= 0.3 is 12.4 Å². The zero-order valence-electron chi connectivity index (χ0n) is 7.15. The summed E-state index contributed by atoms with van der Waals surface area (Å²) in [6.07, 6.45) is -9.97. The average molecular weight is 236 g/mol. The van der Waals surface area contributed by atoms with E-state index >= 15 is 0 Å². The van der Waals surface area contributed by atoms with Crippen LogP contribution in [0.1, 0.15) is 0 Å².